The Labute approximate surface area is 187 Å². The maximum atomic E-state index is 13.2. The molecule has 4 amide bonds. The number of hydrogen-bond acceptors (Lipinski definition) is 6. The molecular weight excluding hydrogens is 426 g/mol. The van der Waals surface area contributed by atoms with Crippen LogP contribution in [0.1, 0.15) is 5.56 Å². The number of carbonyl (C=O) groups excluding carboxylic acids is 3. The average Bonchev–Trinajstić information content (AvgIpc) is 2.80. The van der Waals surface area contributed by atoms with Crippen molar-refractivity contribution in [3.63, 3.8) is 0 Å². The molecule has 1 aliphatic rings. The summed E-state index contributed by atoms with van der Waals surface area (Å²) in [7, 11) is 0. The molecule has 3 aromatic rings. The van der Waals surface area contributed by atoms with Crippen LogP contribution in [0, 0.1) is 10.1 Å². The molecule has 1 N–H and O–H groups in total. The Morgan fingerprint density at radius 2 is 1.85 bits per heavy atom. The topological polar surface area (TPSA) is 119 Å². The van der Waals surface area contributed by atoms with Gasteiger partial charge in [0, 0.05) is 17.7 Å². The molecule has 0 unspecified atom stereocenters. The first kappa shape index (κ1) is 21.4. The van der Waals surface area contributed by atoms with E-state index >= 15 is 0 Å². The number of rotatable bonds is 6. The lowest BCUT2D eigenvalue weighted by atomic mass is 9.99. The highest BCUT2D eigenvalue weighted by Gasteiger charge is 2.37. The summed E-state index contributed by atoms with van der Waals surface area (Å²) in [5.74, 6) is -1.37. The predicted octanol–water partition coefficient (Wildman–Crippen LogP) is 3.98. The van der Waals surface area contributed by atoms with Gasteiger partial charge in [-0.05, 0) is 29.0 Å². The summed E-state index contributed by atoms with van der Waals surface area (Å²) in [6.45, 7) is 3.83. The molecule has 0 saturated carbocycles. The van der Waals surface area contributed by atoms with Crippen LogP contribution in [0.15, 0.2) is 78.9 Å². The maximum absolute atomic E-state index is 13.2. The molecule has 1 aliphatic heterocycles. The van der Waals surface area contributed by atoms with Crippen LogP contribution in [-0.2, 0) is 9.59 Å². The first-order chi connectivity index (χ1) is 15.9. The minimum Gasteiger partial charge on any atom is -0.489 e. The fourth-order valence-corrected chi connectivity index (χ4v) is 3.48. The predicted molar refractivity (Wildman–Crippen MR) is 122 cm³/mol. The number of anilines is 1. The molecule has 3 aromatic carbocycles. The number of ether oxygens (including phenoxy) is 1. The molecule has 4 rings (SSSR count). The van der Waals surface area contributed by atoms with Gasteiger partial charge in [-0.1, -0.05) is 49.1 Å². The van der Waals surface area contributed by atoms with Gasteiger partial charge in [-0.15, -0.1) is 0 Å². The first-order valence-corrected chi connectivity index (χ1v) is 9.82. The minimum absolute atomic E-state index is 0.0360. The van der Waals surface area contributed by atoms with Gasteiger partial charge in [0.15, 0.2) is 0 Å². The van der Waals surface area contributed by atoms with Crippen molar-refractivity contribution in [2.24, 2.45) is 0 Å². The molecule has 0 aromatic heterocycles. The van der Waals surface area contributed by atoms with Gasteiger partial charge in [0.2, 0.25) is 0 Å². The van der Waals surface area contributed by atoms with Gasteiger partial charge in [0.05, 0.1) is 10.6 Å². The van der Waals surface area contributed by atoms with Crippen LogP contribution in [0.4, 0.5) is 16.2 Å². The summed E-state index contributed by atoms with van der Waals surface area (Å²) in [5, 5.41) is 14.8. The number of non-ortho nitro benzene ring substituents is 1. The van der Waals surface area contributed by atoms with Crippen molar-refractivity contribution in [1.29, 1.82) is 0 Å². The van der Waals surface area contributed by atoms with E-state index in [1.165, 1.54) is 24.3 Å². The third kappa shape index (κ3) is 4.07. The fourth-order valence-electron chi connectivity index (χ4n) is 3.48. The van der Waals surface area contributed by atoms with Crippen molar-refractivity contribution in [2.45, 2.75) is 0 Å². The summed E-state index contributed by atoms with van der Waals surface area (Å²) in [4.78, 5) is 49.5. The Kier molecular flexibility index (Phi) is 5.69. The quantitative estimate of drug-likeness (QED) is 0.202. The molecule has 9 heteroatoms. The standard InChI is InChI=1S/C24H17N3O6/c1-2-12-33-21-11-10-15-6-3-4-9-18(15)19(21)14-20-22(28)25-24(30)26(23(20)29)16-7-5-8-17(13-16)27(31)32/h2-11,13-14H,1,12H2,(H,25,28,30)/b20-14+. The maximum Gasteiger partial charge on any atom is 0.335 e. The van der Waals surface area contributed by atoms with Crippen molar-refractivity contribution in [2.75, 3.05) is 11.5 Å². The Bertz CT molecular complexity index is 1360. The third-order valence-corrected chi connectivity index (χ3v) is 4.98. The van der Waals surface area contributed by atoms with Gasteiger partial charge in [0.25, 0.3) is 17.5 Å². The van der Waals surface area contributed by atoms with E-state index in [-0.39, 0.29) is 23.6 Å². The number of imide groups is 2. The second kappa shape index (κ2) is 8.75. The SMILES string of the molecule is C=CCOc1ccc2ccccc2c1/C=C1\C(=O)NC(=O)N(c2cccc([N+](=O)[O-])c2)C1=O. The molecular formula is C24H17N3O6. The van der Waals surface area contributed by atoms with Gasteiger partial charge in [-0.25, -0.2) is 9.69 Å². The third-order valence-electron chi connectivity index (χ3n) is 4.98. The number of urea groups is 1. The summed E-state index contributed by atoms with van der Waals surface area (Å²) in [6, 6.07) is 14.9. The van der Waals surface area contributed by atoms with Crippen LogP contribution in [0.2, 0.25) is 0 Å². The molecule has 1 heterocycles. The highest BCUT2D eigenvalue weighted by atomic mass is 16.6. The Hall–Kier alpha value is -4.79. The summed E-state index contributed by atoms with van der Waals surface area (Å²) >= 11 is 0. The van der Waals surface area contributed by atoms with Crippen molar-refractivity contribution in [3.8, 4) is 5.75 Å². The van der Waals surface area contributed by atoms with E-state index < -0.39 is 22.8 Å². The summed E-state index contributed by atoms with van der Waals surface area (Å²) in [6.07, 6.45) is 2.92. The second-order valence-corrected chi connectivity index (χ2v) is 7.03. The number of nitro groups is 1. The smallest absolute Gasteiger partial charge is 0.335 e. The van der Waals surface area contributed by atoms with Gasteiger partial charge in [-0.3, -0.25) is 25.0 Å². The van der Waals surface area contributed by atoms with Crippen molar-refractivity contribution >= 4 is 46.1 Å². The number of benzene rings is 3. The van der Waals surface area contributed by atoms with E-state index in [0.717, 1.165) is 16.8 Å². The zero-order valence-electron chi connectivity index (χ0n) is 17.2. The highest BCUT2D eigenvalue weighted by molar-refractivity contribution is 6.39. The van der Waals surface area contributed by atoms with E-state index in [1.54, 1.807) is 12.1 Å². The number of nitrogens with zero attached hydrogens (tertiary/aromatic N) is 2. The van der Waals surface area contributed by atoms with Gasteiger partial charge in [-0.2, -0.15) is 0 Å². The fraction of sp³-hybridized carbons (Fsp3) is 0.0417. The lowest BCUT2D eigenvalue weighted by molar-refractivity contribution is -0.384. The summed E-state index contributed by atoms with van der Waals surface area (Å²) in [5.41, 5.74) is -0.182. The van der Waals surface area contributed by atoms with Crippen LogP contribution in [-0.4, -0.2) is 29.4 Å². The zero-order chi connectivity index (χ0) is 23.5. The number of barbiturate groups is 1. The molecule has 33 heavy (non-hydrogen) atoms. The Morgan fingerprint density at radius 3 is 2.61 bits per heavy atom. The van der Waals surface area contributed by atoms with E-state index in [2.05, 4.69) is 11.9 Å². The largest absolute Gasteiger partial charge is 0.489 e. The van der Waals surface area contributed by atoms with E-state index in [9.17, 15) is 24.5 Å². The molecule has 164 valence electrons. The van der Waals surface area contributed by atoms with E-state index in [4.69, 9.17) is 4.74 Å². The molecule has 0 bridgehead atoms. The van der Waals surface area contributed by atoms with Crippen molar-refractivity contribution < 1.29 is 24.0 Å². The minimum atomic E-state index is -0.997. The molecule has 0 atom stereocenters. The normalized spacial score (nSPS) is 15.0. The second-order valence-electron chi connectivity index (χ2n) is 7.03. The number of fused-ring (bicyclic) bond motifs is 1. The number of amides is 4. The first-order valence-electron chi connectivity index (χ1n) is 9.82. The highest BCUT2D eigenvalue weighted by Crippen LogP contribution is 2.32. The van der Waals surface area contributed by atoms with Crippen LogP contribution in [0.25, 0.3) is 16.8 Å². The molecule has 0 radical (unpaired) electrons. The van der Waals surface area contributed by atoms with Gasteiger partial charge in [0.1, 0.15) is 17.9 Å². The van der Waals surface area contributed by atoms with Crippen LogP contribution < -0.4 is 15.0 Å². The van der Waals surface area contributed by atoms with Crippen LogP contribution >= 0.6 is 0 Å². The summed E-state index contributed by atoms with van der Waals surface area (Å²) < 4.78 is 5.72. The van der Waals surface area contributed by atoms with E-state index in [1.807, 2.05) is 30.3 Å². The lowest BCUT2D eigenvalue weighted by Gasteiger charge is -2.26. The van der Waals surface area contributed by atoms with Gasteiger partial charge >= 0.3 is 6.03 Å². The molecule has 1 saturated heterocycles. The molecule has 9 nitrogen and oxygen atoms in total. The Morgan fingerprint density at radius 1 is 1.06 bits per heavy atom. The lowest BCUT2D eigenvalue weighted by Crippen LogP contribution is -2.54. The molecule has 1 fully saturated rings. The number of nitro benzene ring substituents is 1. The average molecular weight is 443 g/mol. The van der Waals surface area contributed by atoms with Gasteiger partial charge < -0.3 is 4.74 Å². The Balaban J connectivity index is 1.85. The number of hydrogen-bond donors (Lipinski definition) is 1. The van der Waals surface area contributed by atoms with Crippen LogP contribution in [0.5, 0.6) is 5.75 Å². The monoisotopic (exact) mass is 443 g/mol. The van der Waals surface area contributed by atoms with Crippen molar-refractivity contribution in [1.82, 2.24) is 5.32 Å². The van der Waals surface area contributed by atoms with Crippen LogP contribution in [0.3, 0.4) is 0 Å². The number of carbonyl (C=O) groups is 3. The zero-order valence-corrected chi connectivity index (χ0v) is 17.2. The van der Waals surface area contributed by atoms with E-state index in [0.29, 0.717) is 16.2 Å². The van der Waals surface area contributed by atoms with Crippen molar-refractivity contribution in [3.05, 3.63) is 94.6 Å². The molecule has 0 spiro atoms. The number of nitrogens with one attached hydrogen (secondary N) is 1. The molecule has 0 aliphatic carbocycles.